The first-order valence-electron chi connectivity index (χ1n) is 7.02. The van der Waals surface area contributed by atoms with Crippen LogP contribution in [-0.2, 0) is 13.0 Å². The maximum atomic E-state index is 12.1. The van der Waals surface area contributed by atoms with Gasteiger partial charge in [0, 0.05) is 25.5 Å². The van der Waals surface area contributed by atoms with Gasteiger partial charge in [-0.05, 0) is 25.2 Å². The number of piperidine rings is 1. The van der Waals surface area contributed by atoms with Crippen LogP contribution in [0.5, 0.6) is 0 Å². The molecular formula is C14H22N4O. The van der Waals surface area contributed by atoms with Crippen LogP contribution in [0.25, 0.3) is 0 Å². The number of rotatable bonds is 3. The minimum atomic E-state index is 0.0132. The summed E-state index contributed by atoms with van der Waals surface area (Å²) in [7, 11) is 0. The maximum absolute atomic E-state index is 12.1. The van der Waals surface area contributed by atoms with E-state index in [1.54, 1.807) is 12.4 Å². The number of likely N-dealkylation sites (tertiary alicyclic amines) is 1. The van der Waals surface area contributed by atoms with E-state index in [9.17, 15) is 4.79 Å². The van der Waals surface area contributed by atoms with Gasteiger partial charge in [-0.2, -0.15) is 0 Å². The number of carbonyl (C=O) groups excluding carboxylic acids is 1. The zero-order chi connectivity index (χ0) is 13.7. The average molecular weight is 262 g/mol. The van der Waals surface area contributed by atoms with Gasteiger partial charge in [0.05, 0.1) is 17.9 Å². The molecule has 0 aromatic carbocycles. The highest BCUT2D eigenvalue weighted by Crippen LogP contribution is 2.15. The lowest BCUT2D eigenvalue weighted by atomic mass is 10.0. The van der Waals surface area contributed by atoms with Crippen LogP contribution < -0.4 is 5.32 Å². The fourth-order valence-electron chi connectivity index (χ4n) is 2.48. The van der Waals surface area contributed by atoms with Crippen molar-refractivity contribution in [2.45, 2.75) is 39.7 Å². The van der Waals surface area contributed by atoms with E-state index in [-0.39, 0.29) is 6.03 Å². The van der Waals surface area contributed by atoms with Gasteiger partial charge in [-0.15, -0.1) is 0 Å². The van der Waals surface area contributed by atoms with Crippen molar-refractivity contribution in [3.05, 3.63) is 23.8 Å². The first-order chi connectivity index (χ1) is 9.20. The van der Waals surface area contributed by atoms with Crippen LogP contribution in [0.2, 0.25) is 0 Å². The smallest absolute Gasteiger partial charge is 0.317 e. The van der Waals surface area contributed by atoms with Crippen molar-refractivity contribution < 1.29 is 4.79 Å². The van der Waals surface area contributed by atoms with Gasteiger partial charge in [-0.25, -0.2) is 4.79 Å². The number of aromatic nitrogens is 2. The van der Waals surface area contributed by atoms with Gasteiger partial charge in [-0.1, -0.05) is 13.8 Å². The van der Waals surface area contributed by atoms with Crippen LogP contribution in [0.1, 0.15) is 38.1 Å². The Hall–Kier alpha value is -1.65. The van der Waals surface area contributed by atoms with Crippen LogP contribution >= 0.6 is 0 Å². The van der Waals surface area contributed by atoms with E-state index in [2.05, 4.69) is 22.2 Å². The van der Waals surface area contributed by atoms with E-state index in [0.29, 0.717) is 12.5 Å². The number of nitrogens with one attached hydrogen (secondary N) is 1. The van der Waals surface area contributed by atoms with E-state index in [1.165, 1.54) is 6.42 Å². The Morgan fingerprint density at radius 3 is 2.84 bits per heavy atom. The van der Waals surface area contributed by atoms with Gasteiger partial charge in [0.1, 0.15) is 0 Å². The van der Waals surface area contributed by atoms with Gasteiger partial charge in [0.25, 0.3) is 0 Å². The zero-order valence-corrected chi connectivity index (χ0v) is 11.7. The highest BCUT2D eigenvalue weighted by molar-refractivity contribution is 5.74. The Kier molecular flexibility index (Phi) is 4.71. The SMILES string of the molecule is CCc1nccnc1CNC(=O)N1CCC[C@@H](C)C1. The Morgan fingerprint density at radius 1 is 1.42 bits per heavy atom. The molecule has 0 saturated carbocycles. The predicted octanol–water partition coefficient (Wildman–Crippen LogP) is 1.98. The Balaban J connectivity index is 1.89. The second kappa shape index (κ2) is 6.50. The van der Waals surface area contributed by atoms with Gasteiger partial charge >= 0.3 is 6.03 Å². The molecule has 0 bridgehead atoms. The summed E-state index contributed by atoms with van der Waals surface area (Å²) in [5, 5.41) is 2.95. The van der Waals surface area contributed by atoms with Crippen molar-refractivity contribution in [3.63, 3.8) is 0 Å². The lowest BCUT2D eigenvalue weighted by Gasteiger charge is -2.30. The number of hydrogen-bond acceptors (Lipinski definition) is 3. The average Bonchev–Trinajstić information content (AvgIpc) is 2.45. The molecule has 1 aliphatic heterocycles. The van der Waals surface area contributed by atoms with Gasteiger partial charge < -0.3 is 10.2 Å². The molecule has 104 valence electrons. The molecule has 2 rings (SSSR count). The summed E-state index contributed by atoms with van der Waals surface area (Å²) in [6.45, 7) is 6.41. The number of aryl methyl sites for hydroxylation is 1. The Bertz CT molecular complexity index is 435. The molecule has 1 atom stereocenters. The molecule has 1 saturated heterocycles. The van der Waals surface area contributed by atoms with Crippen molar-refractivity contribution in [3.8, 4) is 0 Å². The van der Waals surface area contributed by atoms with Crippen molar-refractivity contribution in [2.24, 2.45) is 5.92 Å². The number of hydrogen-bond donors (Lipinski definition) is 1. The van der Waals surface area contributed by atoms with Crippen LogP contribution in [0, 0.1) is 5.92 Å². The van der Waals surface area contributed by atoms with Crippen LogP contribution in [-0.4, -0.2) is 34.0 Å². The van der Waals surface area contributed by atoms with E-state index in [4.69, 9.17) is 0 Å². The summed E-state index contributed by atoms with van der Waals surface area (Å²) in [4.78, 5) is 22.5. The second-order valence-corrected chi connectivity index (χ2v) is 5.16. The highest BCUT2D eigenvalue weighted by atomic mass is 16.2. The minimum Gasteiger partial charge on any atom is -0.332 e. The molecule has 19 heavy (non-hydrogen) atoms. The molecule has 1 N–H and O–H groups in total. The Morgan fingerprint density at radius 2 is 2.16 bits per heavy atom. The molecular weight excluding hydrogens is 240 g/mol. The maximum Gasteiger partial charge on any atom is 0.317 e. The number of nitrogens with zero attached hydrogens (tertiary/aromatic N) is 3. The second-order valence-electron chi connectivity index (χ2n) is 5.16. The molecule has 2 heterocycles. The zero-order valence-electron chi connectivity index (χ0n) is 11.7. The van der Waals surface area contributed by atoms with Crippen molar-refractivity contribution >= 4 is 6.03 Å². The van der Waals surface area contributed by atoms with Gasteiger partial charge in [-0.3, -0.25) is 9.97 Å². The van der Waals surface area contributed by atoms with E-state index in [0.717, 1.165) is 37.3 Å². The van der Waals surface area contributed by atoms with Crippen molar-refractivity contribution in [2.75, 3.05) is 13.1 Å². The monoisotopic (exact) mass is 262 g/mol. The summed E-state index contributed by atoms with van der Waals surface area (Å²) >= 11 is 0. The third-order valence-corrected chi connectivity index (χ3v) is 3.55. The molecule has 1 aromatic rings. The molecule has 0 unspecified atom stereocenters. The number of amides is 2. The van der Waals surface area contributed by atoms with Crippen molar-refractivity contribution in [1.29, 1.82) is 0 Å². The van der Waals surface area contributed by atoms with Crippen LogP contribution in [0.15, 0.2) is 12.4 Å². The summed E-state index contributed by atoms with van der Waals surface area (Å²) in [6, 6.07) is 0.0132. The minimum absolute atomic E-state index is 0.0132. The summed E-state index contributed by atoms with van der Waals surface area (Å²) in [5.41, 5.74) is 1.82. The molecule has 1 aromatic heterocycles. The molecule has 0 spiro atoms. The van der Waals surface area contributed by atoms with Crippen LogP contribution in [0.3, 0.4) is 0 Å². The topological polar surface area (TPSA) is 58.1 Å². The first-order valence-corrected chi connectivity index (χ1v) is 7.02. The number of urea groups is 1. The van der Waals surface area contributed by atoms with Gasteiger partial charge in [0.2, 0.25) is 0 Å². The molecule has 0 radical (unpaired) electrons. The molecule has 2 amide bonds. The van der Waals surface area contributed by atoms with E-state index in [1.807, 2.05) is 11.8 Å². The normalized spacial score (nSPS) is 19.3. The van der Waals surface area contributed by atoms with Gasteiger partial charge in [0.15, 0.2) is 0 Å². The van der Waals surface area contributed by atoms with Crippen LogP contribution in [0.4, 0.5) is 4.79 Å². The summed E-state index contributed by atoms with van der Waals surface area (Å²) in [6.07, 6.45) is 6.51. The molecule has 0 aliphatic carbocycles. The first kappa shape index (κ1) is 13.8. The largest absolute Gasteiger partial charge is 0.332 e. The van der Waals surface area contributed by atoms with Crippen molar-refractivity contribution in [1.82, 2.24) is 20.2 Å². The molecule has 5 nitrogen and oxygen atoms in total. The van der Waals surface area contributed by atoms with E-state index >= 15 is 0 Å². The molecule has 5 heteroatoms. The fourth-order valence-corrected chi connectivity index (χ4v) is 2.48. The predicted molar refractivity (Wildman–Crippen MR) is 73.6 cm³/mol. The third kappa shape index (κ3) is 3.66. The molecule has 1 fully saturated rings. The fraction of sp³-hybridized carbons (Fsp3) is 0.643. The summed E-state index contributed by atoms with van der Waals surface area (Å²) < 4.78 is 0. The lowest BCUT2D eigenvalue weighted by Crippen LogP contribution is -2.44. The molecule has 1 aliphatic rings. The third-order valence-electron chi connectivity index (χ3n) is 3.55. The van der Waals surface area contributed by atoms with E-state index < -0.39 is 0 Å². The standard InChI is InChI=1S/C14H22N4O/c1-3-12-13(16-7-6-15-12)9-17-14(19)18-8-4-5-11(2)10-18/h6-7,11H,3-5,8-10H2,1-2H3,(H,17,19)/t11-/m1/s1. The Labute approximate surface area is 114 Å². The summed E-state index contributed by atoms with van der Waals surface area (Å²) in [5.74, 6) is 0.599. The number of carbonyl (C=O) groups is 1. The highest BCUT2D eigenvalue weighted by Gasteiger charge is 2.20. The quantitative estimate of drug-likeness (QED) is 0.906. The lowest BCUT2D eigenvalue weighted by molar-refractivity contribution is 0.169.